The average molecular weight is 396 g/mol. The van der Waals surface area contributed by atoms with E-state index in [-0.39, 0.29) is 6.54 Å². The van der Waals surface area contributed by atoms with Crippen LogP contribution in [0.25, 0.3) is 27.5 Å². The molecule has 0 bridgehead atoms. The van der Waals surface area contributed by atoms with Crippen LogP contribution < -0.4 is 0 Å². The number of pyridine rings is 2. The van der Waals surface area contributed by atoms with Crippen molar-refractivity contribution >= 4 is 37.5 Å². The minimum atomic E-state index is -4.78. The molecule has 1 aliphatic rings. The first-order chi connectivity index (χ1) is 12.7. The molecule has 0 radical (unpaired) electrons. The van der Waals surface area contributed by atoms with E-state index in [0.717, 1.165) is 20.6 Å². The number of rotatable bonds is 3. The van der Waals surface area contributed by atoms with Gasteiger partial charge < -0.3 is 4.98 Å². The lowest BCUT2D eigenvalue weighted by Crippen LogP contribution is -2.36. The first kappa shape index (κ1) is 17.8. The molecule has 0 aliphatic carbocycles. The highest BCUT2D eigenvalue weighted by atomic mass is 32.2. The standard InChI is InChI=1S/C17H15F3N4O2S/c18-17(19,20)10-27(25,26)24-7-1-2-11(9-24)12-3-5-21-14-8-23-16-13(15(12)14)4-6-22-16/h3-6,8-9H,1-2,7,10H2,(H,22,23). The van der Waals surface area contributed by atoms with Crippen LogP contribution in [-0.4, -0.2) is 46.1 Å². The molecule has 3 aromatic heterocycles. The second-order valence-electron chi connectivity index (χ2n) is 6.36. The predicted molar refractivity (Wildman–Crippen MR) is 95.2 cm³/mol. The van der Waals surface area contributed by atoms with Crippen molar-refractivity contribution in [3.63, 3.8) is 0 Å². The summed E-state index contributed by atoms with van der Waals surface area (Å²) in [5.41, 5.74) is 2.71. The predicted octanol–water partition coefficient (Wildman–Crippen LogP) is 3.44. The Kier molecular flexibility index (Phi) is 4.10. The fourth-order valence-corrected chi connectivity index (χ4v) is 4.64. The van der Waals surface area contributed by atoms with Gasteiger partial charge in [0.15, 0.2) is 5.75 Å². The summed E-state index contributed by atoms with van der Waals surface area (Å²) in [4.78, 5) is 11.6. The summed E-state index contributed by atoms with van der Waals surface area (Å²) in [6.45, 7) is 0.0338. The molecule has 142 valence electrons. The van der Waals surface area contributed by atoms with Crippen molar-refractivity contribution in [1.82, 2.24) is 19.3 Å². The summed E-state index contributed by atoms with van der Waals surface area (Å²) >= 11 is 0. The number of allylic oxidation sites excluding steroid dienone is 1. The maximum absolute atomic E-state index is 12.6. The largest absolute Gasteiger partial charge is 0.404 e. The molecule has 6 nitrogen and oxygen atoms in total. The summed E-state index contributed by atoms with van der Waals surface area (Å²) < 4.78 is 63.0. The van der Waals surface area contributed by atoms with Crippen molar-refractivity contribution in [2.24, 2.45) is 0 Å². The summed E-state index contributed by atoms with van der Waals surface area (Å²) in [5.74, 6) is -1.87. The third-order valence-corrected chi connectivity index (χ3v) is 6.16. The highest BCUT2D eigenvalue weighted by Gasteiger charge is 2.38. The molecule has 0 saturated carbocycles. The van der Waals surface area contributed by atoms with E-state index in [1.54, 1.807) is 24.7 Å². The van der Waals surface area contributed by atoms with Gasteiger partial charge in [0.2, 0.25) is 10.0 Å². The van der Waals surface area contributed by atoms with E-state index >= 15 is 0 Å². The number of nitrogens with zero attached hydrogens (tertiary/aromatic N) is 3. The highest BCUT2D eigenvalue weighted by molar-refractivity contribution is 7.89. The molecule has 0 amide bonds. The number of hydrogen-bond donors (Lipinski definition) is 1. The number of nitrogens with one attached hydrogen (secondary N) is 1. The molecule has 0 unspecified atom stereocenters. The van der Waals surface area contributed by atoms with Crippen molar-refractivity contribution in [2.45, 2.75) is 19.0 Å². The normalized spacial score (nSPS) is 16.1. The van der Waals surface area contributed by atoms with Gasteiger partial charge in [0.1, 0.15) is 5.65 Å². The highest BCUT2D eigenvalue weighted by Crippen LogP contribution is 2.34. The zero-order valence-electron chi connectivity index (χ0n) is 14.0. The summed E-state index contributed by atoms with van der Waals surface area (Å²) in [7, 11) is -4.47. The van der Waals surface area contributed by atoms with E-state index in [2.05, 4.69) is 15.0 Å². The number of fused-ring (bicyclic) bond motifs is 3. The van der Waals surface area contributed by atoms with Gasteiger partial charge in [0.05, 0.1) is 11.7 Å². The summed E-state index contributed by atoms with van der Waals surface area (Å²) in [6.07, 6.45) is 2.47. The van der Waals surface area contributed by atoms with E-state index in [9.17, 15) is 21.6 Å². The van der Waals surface area contributed by atoms with Gasteiger partial charge >= 0.3 is 6.18 Å². The molecule has 4 heterocycles. The van der Waals surface area contributed by atoms with Crippen LogP contribution in [0.1, 0.15) is 18.4 Å². The number of halogens is 3. The van der Waals surface area contributed by atoms with Crippen LogP contribution in [0.4, 0.5) is 13.2 Å². The number of hydrogen-bond acceptors (Lipinski definition) is 4. The molecular weight excluding hydrogens is 381 g/mol. The van der Waals surface area contributed by atoms with Crippen LogP contribution in [-0.2, 0) is 10.0 Å². The maximum atomic E-state index is 12.6. The first-order valence-electron chi connectivity index (χ1n) is 8.23. The lowest BCUT2D eigenvalue weighted by Gasteiger charge is -2.27. The van der Waals surface area contributed by atoms with Gasteiger partial charge in [-0.1, -0.05) is 0 Å². The Morgan fingerprint density at radius 3 is 2.81 bits per heavy atom. The molecular formula is C17H15F3N4O2S. The van der Waals surface area contributed by atoms with Crippen molar-refractivity contribution in [3.8, 4) is 0 Å². The summed E-state index contributed by atoms with van der Waals surface area (Å²) in [5, 5.41) is 1.62. The Morgan fingerprint density at radius 2 is 2.04 bits per heavy atom. The molecule has 0 saturated heterocycles. The van der Waals surface area contributed by atoms with Crippen LogP contribution in [0.5, 0.6) is 0 Å². The average Bonchev–Trinajstić information content (AvgIpc) is 3.08. The Bertz CT molecular complexity index is 1150. The van der Waals surface area contributed by atoms with E-state index in [4.69, 9.17) is 0 Å². The molecule has 10 heteroatoms. The van der Waals surface area contributed by atoms with E-state index in [1.165, 1.54) is 6.20 Å². The molecule has 1 N–H and O–H groups in total. The minimum absolute atomic E-state index is 0.0338. The molecule has 4 rings (SSSR count). The Hall–Kier alpha value is -2.62. The van der Waals surface area contributed by atoms with Gasteiger partial charge in [-0.25, -0.2) is 13.4 Å². The lowest BCUT2D eigenvalue weighted by molar-refractivity contribution is -0.106. The topological polar surface area (TPSA) is 79.0 Å². The van der Waals surface area contributed by atoms with E-state index < -0.39 is 22.0 Å². The molecule has 0 aromatic carbocycles. The third kappa shape index (κ3) is 3.36. The van der Waals surface area contributed by atoms with Crippen LogP contribution in [0.2, 0.25) is 0 Å². The fraction of sp³-hybridized carbons (Fsp3) is 0.294. The van der Waals surface area contributed by atoms with Gasteiger partial charge in [-0.2, -0.15) is 13.2 Å². The molecule has 1 aliphatic heterocycles. The van der Waals surface area contributed by atoms with Crippen molar-refractivity contribution in [1.29, 1.82) is 0 Å². The number of aromatic nitrogens is 3. The van der Waals surface area contributed by atoms with E-state index in [1.807, 2.05) is 6.07 Å². The zero-order chi connectivity index (χ0) is 19.2. The fourth-order valence-electron chi connectivity index (χ4n) is 3.36. The molecule has 0 atom stereocenters. The Labute approximate surface area is 152 Å². The lowest BCUT2D eigenvalue weighted by atomic mass is 9.96. The Balaban J connectivity index is 1.84. The van der Waals surface area contributed by atoms with Gasteiger partial charge in [-0.3, -0.25) is 9.29 Å². The van der Waals surface area contributed by atoms with Gasteiger partial charge in [-0.05, 0) is 36.1 Å². The maximum Gasteiger partial charge on any atom is 0.404 e. The molecule has 27 heavy (non-hydrogen) atoms. The number of H-pyrrole nitrogens is 1. The van der Waals surface area contributed by atoms with Gasteiger partial charge in [0.25, 0.3) is 0 Å². The third-order valence-electron chi connectivity index (χ3n) is 4.46. The summed E-state index contributed by atoms with van der Waals surface area (Å²) in [6, 6.07) is 3.60. The number of sulfonamides is 1. The van der Waals surface area contributed by atoms with Crippen LogP contribution in [0.3, 0.4) is 0 Å². The Morgan fingerprint density at radius 1 is 1.22 bits per heavy atom. The molecule has 0 fully saturated rings. The smallest absolute Gasteiger partial charge is 0.346 e. The number of alkyl halides is 3. The van der Waals surface area contributed by atoms with Gasteiger partial charge in [-0.15, -0.1) is 0 Å². The molecule has 0 spiro atoms. The second-order valence-corrected chi connectivity index (χ2v) is 8.28. The minimum Gasteiger partial charge on any atom is -0.346 e. The van der Waals surface area contributed by atoms with Crippen LogP contribution >= 0.6 is 0 Å². The second kappa shape index (κ2) is 6.22. The van der Waals surface area contributed by atoms with Crippen LogP contribution in [0, 0.1) is 0 Å². The van der Waals surface area contributed by atoms with Crippen molar-refractivity contribution < 1.29 is 21.6 Å². The van der Waals surface area contributed by atoms with Crippen molar-refractivity contribution in [3.05, 3.63) is 42.5 Å². The zero-order valence-corrected chi connectivity index (χ0v) is 14.8. The molecule has 3 aromatic rings. The van der Waals surface area contributed by atoms with Crippen molar-refractivity contribution in [2.75, 3.05) is 12.3 Å². The van der Waals surface area contributed by atoms with Gasteiger partial charge in [0, 0.05) is 35.9 Å². The monoisotopic (exact) mass is 396 g/mol. The quantitative estimate of drug-likeness (QED) is 0.736. The van der Waals surface area contributed by atoms with E-state index in [0.29, 0.717) is 29.6 Å². The SMILES string of the molecule is O=S(=O)(CC(F)(F)F)N1C=C(c2ccnc3cnc4[nH]ccc4c23)CCC1. The number of aromatic amines is 1. The van der Waals surface area contributed by atoms with Crippen LogP contribution in [0.15, 0.2) is 36.9 Å². The first-order valence-corrected chi connectivity index (χ1v) is 9.84.